The summed E-state index contributed by atoms with van der Waals surface area (Å²) in [5.41, 5.74) is 3.41. The number of nitrogens with one attached hydrogen (secondary N) is 1. The Kier molecular flexibility index (Phi) is 5.53. The average Bonchev–Trinajstić information content (AvgIpc) is 3.28. The van der Waals surface area contributed by atoms with E-state index in [4.69, 9.17) is 11.6 Å². The molecule has 0 atom stereocenters. The monoisotopic (exact) mass is 392 g/mol. The van der Waals surface area contributed by atoms with Crippen LogP contribution in [0.1, 0.15) is 28.8 Å². The molecule has 1 amide bonds. The highest BCUT2D eigenvalue weighted by Crippen LogP contribution is 2.21. The molecule has 142 valence electrons. The molecule has 0 radical (unpaired) electrons. The lowest BCUT2D eigenvalue weighted by molar-refractivity contribution is 0.0951. The lowest BCUT2D eigenvalue weighted by Crippen LogP contribution is -2.22. The Hall–Kier alpha value is -2.92. The molecule has 0 saturated carbocycles. The van der Waals surface area contributed by atoms with Crippen molar-refractivity contribution in [3.05, 3.63) is 77.1 Å². The molecule has 5 nitrogen and oxygen atoms in total. The summed E-state index contributed by atoms with van der Waals surface area (Å²) < 4.78 is 0. The summed E-state index contributed by atoms with van der Waals surface area (Å²) in [6.07, 6.45) is 6.08. The SMILES string of the molecule is O=C(NCc1ccccc1Cl)c1ccc(-c2cnc(N3CCCC3)nc2)cc1. The number of rotatable bonds is 5. The molecule has 2 heterocycles. The molecule has 1 aliphatic rings. The second-order valence-corrected chi connectivity index (χ2v) is 7.22. The summed E-state index contributed by atoms with van der Waals surface area (Å²) in [4.78, 5) is 23.6. The molecule has 0 unspecified atom stereocenters. The quantitative estimate of drug-likeness (QED) is 0.702. The minimum Gasteiger partial charge on any atom is -0.348 e. The molecule has 4 rings (SSSR count). The number of amides is 1. The molecule has 1 saturated heterocycles. The molecular formula is C22H21ClN4O. The smallest absolute Gasteiger partial charge is 0.251 e. The van der Waals surface area contributed by atoms with E-state index in [2.05, 4.69) is 20.2 Å². The van der Waals surface area contributed by atoms with Crippen LogP contribution in [0.15, 0.2) is 60.9 Å². The minimum atomic E-state index is -0.132. The van der Waals surface area contributed by atoms with Crippen LogP contribution in [0.4, 0.5) is 5.95 Å². The van der Waals surface area contributed by atoms with E-state index in [1.807, 2.05) is 60.9 Å². The van der Waals surface area contributed by atoms with E-state index in [0.29, 0.717) is 17.1 Å². The summed E-state index contributed by atoms with van der Waals surface area (Å²) >= 11 is 6.13. The van der Waals surface area contributed by atoms with Gasteiger partial charge in [-0.3, -0.25) is 4.79 Å². The standard InChI is InChI=1S/C22H21ClN4O/c23-20-6-2-1-5-18(20)13-24-21(28)17-9-7-16(8-10-17)19-14-25-22(26-15-19)27-11-3-4-12-27/h1-2,5-10,14-15H,3-4,11-13H2,(H,24,28). The predicted octanol–water partition coefficient (Wildman–Crippen LogP) is 4.33. The van der Waals surface area contributed by atoms with E-state index in [1.54, 1.807) is 0 Å². The molecule has 0 aliphatic carbocycles. The normalized spacial score (nSPS) is 13.5. The number of carbonyl (C=O) groups is 1. The van der Waals surface area contributed by atoms with Gasteiger partial charge in [0, 0.05) is 48.2 Å². The van der Waals surface area contributed by atoms with Crippen LogP contribution in [0.3, 0.4) is 0 Å². The van der Waals surface area contributed by atoms with E-state index < -0.39 is 0 Å². The molecule has 1 aromatic heterocycles. The summed E-state index contributed by atoms with van der Waals surface area (Å²) in [6.45, 7) is 2.45. The van der Waals surface area contributed by atoms with Crippen LogP contribution in [0, 0.1) is 0 Å². The first-order valence-corrected chi connectivity index (χ1v) is 9.77. The van der Waals surface area contributed by atoms with Crippen molar-refractivity contribution in [3.63, 3.8) is 0 Å². The second-order valence-electron chi connectivity index (χ2n) is 6.82. The lowest BCUT2D eigenvalue weighted by atomic mass is 10.1. The van der Waals surface area contributed by atoms with Gasteiger partial charge in [-0.25, -0.2) is 9.97 Å². The Labute approximate surface area is 169 Å². The third-order valence-corrected chi connectivity index (χ3v) is 5.27. The highest BCUT2D eigenvalue weighted by Gasteiger charge is 2.14. The van der Waals surface area contributed by atoms with Gasteiger partial charge in [-0.15, -0.1) is 0 Å². The molecule has 0 spiro atoms. The molecular weight excluding hydrogens is 372 g/mol. The Morgan fingerprint density at radius 2 is 1.64 bits per heavy atom. The molecule has 28 heavy (non-hydrogen) atoms. The molecule has 3 aromatic rings. The maximum Gasteiger partial charge on any atom is 0.251 e. The van der Waals surface area contributed by atoms with Crippen molar-refractivity contribution in [1.29, 1.82) is 0 Å². The summed E-state index contributed by atoms with van der Waals surface area (Å²) in [5, 5.41) is 3.55. The van der Waals surface area contributed by atoms with Crippen LogP contribution >= 0.6 is 11.6 Å². The maximum absolute atomic E-state index is 12.4. The van der Waals surface area contributed by atoms with Crippen LogP contribution in [-0.2, 0) is 6.54 Å². The van der Waals surface area contributed by atoms with Gasteiger partial charge in [0.25, 0.3) is 5.91 Å². The van der Waals surface area contributed by atoms with Gasteiger partial charge in [-0.2, -0.15) is 0 Å². The zero-order chi connectivity index (χ0) is 19.3. The Morgan fingerprint density at radius 3 is 2.32 bits per heavy atom. The average molecular weight is 393 g/mol. The Morgan fingerprint density at radius 1 is 0.964 bits per heavy atom. The van der Waals surface area contributed by atoms with Gasteiger partial charge in [-0.1, -0.05) is 41.9 Å². The summed E-state index contributed by atoms with van der Waals surface area (Å²) in [6, 6.07) is 14.9. The molecule has 2 aromatic carbocycles. The molecule has 1 aliphatic heterocycles. The second kappa shape index (κ2) is 8.40. The number of benzene rings is 2. The van der Waals surface area contributed by atoms with Gasteiger partial charge in [0.1, 0.15) is 0 Å². The van der Waals surface area contributed by atoms with Crippen molar-refractivity contribution >= 4 is 23.5 Å². The Bertz CT molecular complexity index is 951. The van der Waals surface area contributed by atoms with E-state index in [9.17, 15) is 4.79 Å². The first kappa shape index (κ1) is 18.4. The maximum atomic E-state index is 12.4. The van der Waals surface area contributed by atoms with Gasteiger partial charge in [0.05, 0.1) is 0 Å². The molecule has 6 heteroatoms. The van der Waals surface area contributed by atoms with E-state index in [-0.39, 0.29) is 5.91 Å². The zero-order valence-corrected chi connectivity index (χ0v) is 16.2. The largest absolute Gasteiger partial charge is 0.348 e. The van der Waals surface area contributed by atoms with Crippen LogP contribution in [0.2, 0.25) is 5.02 Å². The number of halogens is 1. The van der Waals surface area contributed by atoms with Crippen molar-refractivity contribution in [3.8, 4) is 11.1 Å². The number of nitrogens with zero attached hydrogens (tertiary/aromatic N) is 3. The fourth-order valence-corrected chi connectivity index (χ4v) is 3.49. The van der Waals surface area contributed by atoms with Gasteiger partial charge in [0.2, 0.25) is 5.95 Å². The van der Waals surface area contributed by atoms with Crippen LogP contribution in [-0.4, -0.2) is 29.0 Å². The first-order chi connectivity index (χ1) is 13.7. The Balaban J connectivity index is 1.40. The number of aromatic nitrogens is 2. The third kappa shape index (κ3) is 4.15. The van der Waals surface area contributed by atoms with Crippen LogP contribution in [0.25, 0.3) is 11.1 Å². The van der Waals surface area contributed by atoms with Crippen molar-refractivity contribution in [1.82, 2.24) is 15.3 Å². The number of hydrogen-bond donors (Lipinski definition) is 1. The fourth-order valence-electron chi connectivity index (χ4n) is 3.28. The van der Waals surface area contributed by atoms with Crippen molar-refractivity contribution in [2.75, 3.05) is 18.0 Å². The molecule has 1 N–H and O–H groups in total. The van der Waals surface area contributed by atoms with Gasteiger partial charge in [-0.05, 0) is 42.2 Å². The predicted molar refractivity (Wildman–Crippen MR) is 112 cm³/mol. The lowest BCUT2D eigenvalue weighted by Gasteiger charge is -2.14. The summed E-state index contributed by atoms with van der Waals surface area (Å²) in [7, 11) is 0. The van der Waals surface area contributed by atoms with Crippen LogP contribution in [0.5, 0.6) is 0 Å². The topological polar surface area (TPSA) is 58.1 Å². The fraction of sp³-hybridized carbons (Fsp3) is 0.227. The molecule has 1 fully saturated rings. The van der Waals surface area contributed by atoms with Crippen LogP contribution < -0.4 is 10.2 Å². The van der Waals surface area contributed by atoms with Crippen molar-refractivity contribution < 1.29 is 4.79 Å². The number of anilines is 1. The van der Waals surface area contributed by atoms with Crippen molar-refractivity contribution in [2.24, 2.45) is 0 Å². The zero-order valence-electron chi connectivity index (χ0n) is 15.4. The first-order valence-electron chi connectivity index (χ1n) is 9.40. The van der Waals surface area contributed by atoms with E-state index >= 15 is 0 Å². The number of carbonyl (C=O) groups excluding carboxylic acids is 1. The number of hydrogen-bond acceptors (Lipinski definition) is 4. The molecule has 0 bridgehead atoms. The third-order valence-electron chi connectivity index (χ3n) is 4.90. The highest BCUT2D eigenvalue weighted by molar-refractivity contribution is 6.31. The van der Waals surface area contributed by atoms with Gasteiger partial charge < -0.3 is 10.2 Å². The van der Waals surface area contributed by atoms with Crippen molar-refractivity contribution in [2.45, 2.75) is 19.4 Å². The highest BCUT2D eigenvalue weighted by atomic mass is 35.5. The van der Waals surface area contributed by atoms with E-state index in [0.717, 1.165) is 35.7 Å². The van der Waals surface area contributed by atoms with E-state index in [1.165, 1.54) is 12.8 Å². The van der Waals surface area contributed by atoms with Gasteiger partial charge >= 0.3 is 0 Å². The summed E-state index contributed by atoms with van der Waals surface area (Å²) in [5.74, 6) is 0.656. The van der Waals surface area contributed by atoms with Gasteiger partial charge in [0.15, 0.2) is 0 Å². The minimum absolute atomic E-state index is 0.132.